The number of hydrogen-bond acceptors (Lipinski definition) is 2. The number of benzene rings is 1. The Balaban J connectivity index is 2.08. The van der Waals surface area contributed by atoms with E-state index in [1.807, 2.05) is 12.1 Å². The van der Waals surface area contributed by atoms with Crippen molar-refractivity contribution in [1.82, 2.24) is 0 Å². The summed E-state index contributed by atoms with van der Waals surface area (Å²) in [6.45, 7) is 4.32. The summed E-state index contributed by atoms with van der Waals surface area (Å²) in [5, 5.41) is 8.89. The molecule has 0 radical (unpaired) electrons. The van der Waals surface area contributed by atoms with E-state index >= 15 is 0 Å². The van der Waals surface area contributed by atoms with Crippen molar-refractivity contribution in [1.29, 1.82) is 5.26 Å². The molecule has 2 rings (SSSR count). The van der Waals surface area contributed by atoms with Crippen molar-refractivity contribution in [3.8, 4) is 11.8 Å². The van der Waals surface area contributed by atoms with Gasteiger partial charge in [0.25, 0.3) is 0 Å². The van der Waals surface area contributed by atoms with Crippen LogP contribution in [-0.4, -0.2) is 5.60 Å². The third-order valence-electron chi connectivity index (χ3n) is 2.77. The van der Waals surface area contributed by atoms with E-state index in [0.29, 0.717) is 5.92 Å². The first kappa shape index (κ1) is 10.0. The van der Waals surface area contributed by atoms with Gasteiger partial charge in [-0.3, -0.25) is 0 Å². The average molecular weight is 201 g/mol. The monoisotopic (exact) mass is 201 g/mol. The van der Waals surface area contributed by atoms with Crippen LogP contribution in [0.1, 0.15) is 38.2 Å². The van der Waals surface area contributed by atoms with Gasteiger partial charge in [-0.25, -0.2) is 0 Å². The number of rotatable bonds is 3. The second-order valence-corrected chi connectivity index (χ2v) is 4.43. The quantitative estimate of drug-likeness (QED) is 0.752. The van der Waals surface area contributed by atoms with Crippen LogP contribution in [0.4, 0.5) is 0 Å². The number of hydrogen-bond donors (Lipinski definition) is 0. The molecule has 1 aliphatic carbocycles. The van der Waals surface area contributed by atoms with E-state index in [1.165, 1.54) is 5.56 Å². The van der Waals surface area contributed by atoms with Crippen molar-refractivity contribution in [2.45, 2.75) is 38.2 Å². The maximum atomic E-state index is 8.89. The highest BCUT2D eigenvalue weighted by atomic mass is 16.5. The van der Waals surface area contributed by atoms with E-state index in [4.69, 9.17) is 10.00 Å². The van der Waals surface area contributed by atoms with E-state index in [0.717, 1.165) is 18.6 Å². The molecule has 0 aromatic heterocycles. The highest BCUT2D eigenvalue weighted by molar-refractivity contribution is 5.31. The minimum atomic E-state index is -0.515. The first-order chi connectivity index (χ1) is 7.15. The lowest BCUT2D eigenvalue weighted by Crippen LogP contribution is -2.14. The van der Waals surface area contributed by atoms with Crippen LogP contribution in [-0.2, 0) is 0 Å². The minimum Gasteiger partial charge on any atom is -0.472 e. The fraction of sp³-hybridized carbons (Fsp3) is 0.462. The van der Waals surface area contributed by atoms with Gasteiger partial charge in [-0.05, 0) is 23.6 Å². The molecule has 2 heteroatoms. The van der Waals surface area contributed by atoms with Gasteiger partial charge in [0, 0.05) is 12.8 Å². The maximum absolute atomic E-state index is 8.89. The van der Waals surface area contributed by atoms with Gasteiger partial charge < -0.3 is 4.74 Å². The van der Waals surface area contributed by atoms with Gasteiger partial charge in [0.2, 0.25) is 0 Å². The predicted octanol–water partition coefficient (Wildman–Crippen LogP) is 3.24. The van der Waals surface area contributed by atoms with Crippen molar-refractivity contribution in [2.75, 3.05) is 0 Å². The van der Waals surface area contributed by atoms with Crippen LogP contribution >= 0.6 is 0 Å². The van der Waals surface area contributed by atoms with Crippen molar-refractivity contribution in [3.05, 3.63) is 29.8 Å². The van der Waals surface area contributed by atoms with Crippen molar-refractivity contribution in [2.24, 2.45) is 0 Å². The van der Waals surface area contributed by atoms with Gasteiger partial charge in [0.15, 0.2) is 5.60 Å². The Hall–Kier alpha value is -1.49. The third kappa shape index (κ3) is 2.12. The van der Waals surface area contributed by atoms with E-state index in [9.17, 15) is 0 Å². The van der Waals surface area contributed by atoms with E-state index in [1.54, 1.807) is 0 Å². The molecule has 0 saturated heterocycles. The molecule has 0 heterocycles. The molecular formula is C13H15NO. The minimum absolute atomic E-state index is 0.515. The molecule has 1 saturated carbocycles. The predicted molar refractivity (Wildman–Crippen MR) is 58.7 cm³/mol. The molecule has 0 aliphatic heterocycles. The zero-order chi connectivity index (χ0) is 10.9. The van der Waals surface area contributed by atoms with Gasteiger partial charge >= 0.3 is 0 Å². The van der Waals surface area contributed by atoms with Crippen LogP contribution in [0.15, 0.2) is 24.3 Å². The molecule has 2 nitrogen and oxygen atoms in total. The smallest absolute Gasteiger partial charge is 0.194 e. The molecule has 0 amide bonds. The Morgan fingerprint density at radius 3 is 2.27 bits per heavy atom. The molecule has 0 N–H and O–H groups in total. The second-order valence-electron chi connectivity index (χ2n) is 4.43. The molecule has 1 aliphatic rings. The lowest BCUT2D eigenvalue weighted by molar-refractivity contribution is 0.237. The normalized spacial score (nSPS) is 17.2. The van der Waals surface area contributed by atoms with Crippen molar-refractivity contribution in [3.63, 3.8) is 0 Å². The summed E-state index contributed by atoms with van der Waals surface area (Å²) in [4.78, 5) is 0. The molecular weight excluding hydrogens is 186 g/mol. The number of nitrogens with zero attached hydrogens (tertiary/aromatic N) is 1. The van der Waals surface area contributed by atoms with E-state index in [-0.39, 0.29) is 0 Å². The molecule has 0 unspecified atom stereocenters. The van der Waals surface area contributed by atoms with Crippen molar-refractivity contribution >= 4 is 0 Å². The first-order valence-corrected chi connectivity index (χ1v) is 5.35. The summed E-state index contributed by atoms with van der Waals surface area (Å²) in [7, 11) is 0. The Labute approximate surface area is 90.5 Å². The lowest BCUT2D eigenvalue weighted by Gasteiger charge is -2.11. The van der Waals surface area contributed by atoms with Crippen LogP contribution in [0.3, 0.4) is 0 Å². The molecule has 1 fully saturated rings. The zero-order valence-electron chi connectivity index (χ0n) is 9.16. The summed E-state index contributed by atoms with van der Waals surface area (Å²) in [6, 6.07) is 10.2. The highest BCUT2D eigenvalue weighted by Gasteiger charge is 2.46. The third-order valence-corrected chi connectivity index (χ3v) is 2.77. The van der Waals surface area contributed by atoms with E-state index in [2.05, 4.69) is 32.0 Å². The molecule has 0 atom stereocenters. The molecule has 15 heavy (non-hydrogen) atoms. The van der Waals surface area contributed by atoms with Crippen LogP contribution in [0.2, 0.25) is 0 Å². The topological polar surface area (TPSA) is 33.0 Å². The number of ether oxygens (including phenoxy) is 1. The molecule has 78 valence electrons. The Bertz CT molecular complexity index is 382. The van der Waals surface area contributed by atoms with Gasteiger partial charge in [-0.2, -0.15) is 5.26 Å². The second kappa shape index (κ2) is 3.58. The fourth-order valence-corrected chi connectivity index (χ4v) is 1.50. The Morgan fingerprint density at radius 1 is 1.27 bits per heavy atom. The Morgan fingerprint density at radius 2 is 1.87 bits per heavy atom. The van der Waals surface area contributed by atoms with Gasteiger partial charge in [-0.1, -0.05) is 26.0 Å². The largest absolute Gasteiger partial charge is 0.472 e. The molecule has 0 spiro atoms. The summed E-state index contributed by atoms with van der Waals surface area (Å²) in [6.07, 6.45) is 1.71. The molecule has 0 bridgehead atoms. The summed E-state index contributed by atoms with van der Waals surface area (Å²) in [5.41, 5.74) is 0.781. The van der Waals surface area contributed by atoms with Crippen molar-refractivity contribution < 1.29 is 4.74 Å². The van der Waals surface area contributed by atoms with Crippen LogP contribution < -0.4 is 4.74 Å². The van der Waals surface area contributed by atoms with Crippen LogP contribution in [0, 0.1) is 11.3 Å². The summed E-state index contributed by atoms with van der Waals surface area (Å²) in [5.74, 6) is 1.34. The van der Waals surface area contributed by atoms with E-state index < -0.39 is 5.60 Å². The molecule has 1 aromatic rings. The van der Waals surface area contributed by atoms with Crippen LogP contribution in [0.25, 0.3) is 0 Å². The van der Waals surface area contributed by atoms with Gasteiger partial charge in [0.05, 0.1) is 0 Å². The summed E-state index contributed by atoms with van der Waals surface area (Å²) < 4.78 is 5.64. The lowest BCUT2D eigenvalue weighted by atomic mass is 10.0. The first-order valence-electron chi connectivity index (χ1n) is 5.35. The van der Waals surface area contributed by atoms with Gasteiger partial charge in [-0.15, -0.1) is 0 Å². The van der Waals surface area contributed by atoms with Crippen LogP contribution in [0.5, 0.6) is 5.75 Å². The average Bonchev–Trinajstić information content (AvgIpc) is 2.99. The fourth-order valence-electron chi connectivity index (χ4n) is 1.50. The Kier molecular flexibility index (Phi) is 2.40. The highest BCUT2D eigenvalue weighted by Crippen LogP contribution is 2.39. The standard InChI is InChI=1S/C13H15NO/c1-10(2)11-3-5-12(6-4-11)15-13(9-14)7-8-13/h3-6,10H,7-8H2,1-2H3. The SMILES string of the molecule is CC(C)c1ccc(OC2(C#N)CC2)cc1. The zero-order valence-corrected chi connectivity index (χ0v) is 9.16. The maximum Gasteiger partial charge on any atom is 0.194 e. The number of nitriles is 1. The summed E-state index contributed by atoms with van der Waals surface area (Å²) >= 11 is 0. The molecule has 1 aromatic carbocycles. The van der Waals surface area contributed by atoms with Gasteiger partial charge in [0.1, 0.15) is 11.8 Å².